The summed E-state index contributed by atoms with van der Waals surface area (Å²) in [5.74, 6) is -0.252. The largest absolute Gasteiger partial charge is 0.418 e. The molecule has 0 unspecified atom stereocenters. The molecule has 0 aliphatic carbocycles. The summed E-state index contributed by atoms with van der Waals surface area (Å²) in [6.07, 6.45) is -7.76. The summed E-state index contributed by atoms with van der Waals surface area (Å²) in [6.45, 7) is 0. The number of hydrogen-bond acceptors (Lipinski definition) is 1. The minimum absolute atomic E-state index is 0.0510. The number of pyridine rings is 1. The van der Waals surface area contributed by atoms with Gasteiger partial charge in [0, 0.05) is 16.2 Å². The first kappa shape index (κ1) is 13.6. The molecule has 0 radical (unpaired) electrons. The molecular formula is C8H4BrClF5N. The van der Waals surface area contributed by atoms with Gasteiger partial charge in [-0.2, -0.15) is 13.2 Å². The van der Waals surface area contributed by atoms with E-state index in [0.717, 1.165) is 0 Å². The Hall–Kier alpha value is -0.430. The van der Waals surface area contributed by atoms with Crippen molar-refractivity contribution < 1.29 is 22.0 Å². The average Bonchev–Trinajstić information content (AvgIpc) is 2.15. The predicted molar refractivity (Wildman–Crippen MR) is 51.5 cm³/mol. The number of aromatic nitrogens is 1. The minimum atomic E-state index is -4.87. The maximum atomic E-state index is 12.5. The Balaban J connectivity index is 3.47. The van der Waals surface area contributed by atoms with Crippen LogP contribution in [-0.4, -0.2) is 4.98 Å². The van der Waals surface area contributed by atoms with Crippen LogP contribution < -0.4 is 0 Å². The maximum absolute atomic E-state index is 12.5. The third-order valence-electron chi connectivity index (χ3n) is 1.78. The zero-order valence-corrected chi connectivity index (χ0v) is 9.80. The van der Waals surface area contributed by atoms with Crippen molar-refractivity contribution in [3.05, 3.63) is 27.5 Å². The monoisotopic (exact) mass is 323 g/mol. The molecule has 0 fully saturated rings. The van der Waals surface area contributed by atoms with Gasteiger partial charge in [-0.1, -0.05) is 0 Å². The summed E-state index contributed by atoms with van der Waals surface area (Å²) < 4.78 is 61.9. The molecule has 90 valence electrons. The van der Waals surface area contributed by atoms with Crippen LogP contribution in [0.5, 0.6) is 0 Å². The van der Waals surface area contributed by atoms with E-state index in [4.69, 9.17) is 11.6 Å². The highest BCUT2D eigenvalue weighted by Gasteiger charge is 2.38. The van der Waals surface area contributed by atoms with Crippen LogP contribution in [-0.2, 0) is 12.1 Å². The summed E-state index contributed by atoms with van der Waals surface area (Å²) in [6, 6.07) is 0. The fraction of sp³-hybridized carbons (Fsp3) is 0.375. The van der Waals surface area contributed by atoms with E-state index in [1.54, 1.807) is 0 Å². The van der Waals surface area contributed by atoms with E-state index < -0.39 is 28.2 Å². The van der Waals surface area contributed by atoms with Gasteiger partial charge in [0.2, 0.25) is 0 Å². The van der Waals surface area contributed by atoms with Crippen molar-refractivity contribution in [3.63, 3.8) is 0 Å². The first-order valence-electron chi connectivity index (χ1n) is 3.87. The van der Waals surface area contributed by atoms with E-state index in [0.29, 0.717) is 6.20 Å². The SMILES string of the molecule is FC(F)c1c(C(F)(F)F)cnc(CCl)c1Br. The van der Waals surface area contributed by atoms with Crippen LogP contribution in [0.15, 0.2) is 10.7 Å². The summed E-state index contributed by atoms with van der Waals surface area (Å²) in [5, 5.41) is 0. The van der Waals surface area contributed by atoms with Crippen LogP contribution >= 0.6 is 27.5 Å². The molecule has 0 saturated heterocycles. The van der Waals surface area contributed by atoms with Crippen LogP contribution in [0.1, 0.15) is 23.2 Å². The lowest BCUT2D eigenvalue weighted by molar-refractivity contribution is -0.139. The predicted octanol–water partition coefficient (Wildman–Crippen LogP) is 4.54. The Bertz CT molecular complexity index is 393. The van der Waals surface area contributed by atoms with Crippen molar-refractivity contribution in [2.75, 3.05) is 0 Å². The van der Waals surface area contributed by atoms with Gasteiger partial charge in [0.05, 0.1) is 17.1 Å². The lowest BCUT2D eigenvalue weighted by atomic mass is 10.1. The molecule has 0 aliphatic rings. The van der Waals surface area contributed by atoms with Gasteiger partial charge >= 0.3 is 6.18 Å². The normalized spacial score (nSPS) is 12.2. The Morgan fingerprint density at radius 3 is 2.31 bits per heavy atom. The van der Waals surface area contributed by atoms with Crippen molar-refractivity contribution in [2.45, 2.75) is 18.5 Å². The number of nitrogens with zero attached hydrogens (tertiary/aromatic N) is 1. The van der Waals surface area contributed by atoms with Crippen molar-refractivity contribution in [1.82, 2.24) is 4.98 Å². The molecule has 16 heavy (non-hydrogen) atoms. The van der Waals surface area contributed by atoms with E-state index in [2.05, 4.69) is 20.9 Å². The summed E-state index contributed by atoms with van der Waals surface area (Å²) >= 11 is 8.02. The minimum Gasteiger partial charge on any atom is -0.258 e. The molecule has 1 rings (SSSR count). The Labute approximate surface area is 101 Å². The standard InChI is InChI=1S/C8H4BrClF5N/c9-6-4(1-10)16-2-3(8(13,14)15)5(6)7(11)12/h2,7H,1H2. The highest BCUT2D eigenvalue weighted by molar-refractivity contribution is 9.10. The summed E-state index contributed by atoms with van der Waals surface area (Å²) in [7, 11) is 0. The average molecular weight is 324 g/mol. The highest BCUT2D eigenvalue weighted by Crippen LogP contribution is 2.40. The molecule has 0 atom stereocenters. The lowest BCUT2D eigenvalue weighted by Crippen LogP contribution is -2.12. The Morgan fingerprint density at radius 1 is 1.38 bits per heavy atom. The van der Waals surface area contributed by atoms with Gasteiger partial charge in [0.1, 0.15) is 0 Å². The van der Waals surface area contributed by atoms with E-state index in [1.807, 2.05) is 0 Å². The summed E-state index contributed by atoms with van der Waals surface area (Å²) in [5.41, 5.74) is -2.63. The number of halogens is 7. The third kappa shape index (κ3) is 2.63. The van der Waals surface area contributed by atoms with Crippen molar-refractivity contribution >= 4 is 27.5 Å². The molecule has 1 nitrogen and oxygen atoms in total. The molecule has 0 amide bonds. The van der Waals surface area contributed by atoms with Gasteiger partial charge in [-0.05, 0) is 15.9 Å². The third-order valence-corrected chi connectivity index (χ3v) is 2.92. The molecule has 1 aromatic rings. The van der Waals surface area contributed by atoms with Gasteiger partial charge in [0.15, 0.2) is 0 Å². The fourth-order valence-corrected chi connectivity index (χ4v) is 2.07. The molecule has 8 heteroatoms. The van der Waals surface area contributed by atoms with Gasteiger partial charge in [-0.15, -0.1) is 11.6 Å². The zero-order chi connectivity index (χ0) is 12.5. The van der Waals surface area contributed by atoms with E-state index in [9.17, 15) is 22.0 Å². The highest BCUT2D eigenvalue weighted by atomic mass is 79.9. The van der Waals surface area contributed by atoms with Crippen LogP contribution in [0.25, 0.3) is 0 Å². The molecule has 0 spiro atoms. The van der Waals surface area contributed by atoms with Crippen LogP contribution in [0.2, 0.25) is 0 Å². The smallest absolute Gasteiger partial charge is 0.258 e. The van der Waals surface area contributed by atoms with Crippen molar-refractivity contribution in [1.29, 1.82) is 0 Å². The molecule has 1 aromatic heterocycles. The molecule has 1 heterocycles. The van der Waals surface area contributed by atoms with E-state index in [1.165, 1.54) is 0 Å². The molecule has 0 aromatic carbocycles. The second-order valence-corrected chi connectivity index (χ2v) is 3.84. The zero-order valence-electron chi connectivity index (χ0n) is 7.45. The topological polar surface area (TPSA) is 12.9 Å². The molecule has 0 bridgehead atoms. The fourth-order valence-electron chi connectivity index (χ4n) is 1.07. The first-order chi connectivity index (χ1) is 7.29. The van der Waals surface area contributed by atoms with E-state index in [-0.39, 0.29) is 11.6 Å². The number of hydrogen-bond donors (Lipinski definition) is 0. The van der Waals surface area contributed by atoms with Crippen LogP contribution in [0.4, 0.5) is 22.0 Å². The van der Waals surface area contributed by atoms with Gasteiger partial charge in [-0.3, -0.25) is 4.98 Å². The Kier molecular flexibility index (Phi) is 4.12. The maximum Gasteiger partial charge on any atom is 0.418 e. The van der Waals surface area contributed by atoms with E-state index >= 15 is 0 Å². The number of rotatable bonds is 2. The van der Waals surface area contributed by atoms with Crippen molar-refractivity contribution in [3.8, 4) is 0 Å². The molecule has 0 N–H and O–H groups in total. The second kappa shape index (κ2) is 4.83. The summed E-state index contributed by atoms with van der Waals surface area (Å²) in [4.78, 5) is 3.37. The molecular weight excluding hydrogens is 320 g/mol. The van der Waals surface area contributed by atoms with Crippen LogP contribution in [0.3, 0.4) is 0 Å². The molecule has 0 saturated carbocycles. The first-order valence-corrected chi connectivity index (χ1v) is 5.20. The molecule has 0 aliphatic heterocycles. The lowest BCUT2D eigenvalue weighted by Gasteiger charge is -2.14. The van der Waals surface area contributed by atoms with Crippen LogP contribution in [0, 0.1) is 0 Å². The number of alkyl halides is 6. The second-order valence-electron chi connectivity index (χ2n) is 2.78. The van der Waals surface area contributed by atoms with Gasteiger partial charge < -0.3 is 0 Å². The van der Waals surface area contributed by atoms with Gasteiger partial charge in [0.25, 0.3) is 6.43 Å². The quantitative estimate of drug-likeness (QED) is 0.575. The van der Waals surface area contributed by atoms with Crippen molar-refractivity contribution in [2.24, 2.45) is 0 Å². The van der Waals surface area contributed by atoms with Gasteiger partial charge in [-0.25, -0.2) is 8.78 Å². The Morgan fingerprint density at radius 2 is 1.94 bits per heavy atom.